The Kier molecular flexibility index (Phi) is 4.56. The minimum Gasteiger partial charge on any atom is -0.329 e. The molecule has 18 heavy (non-hydrogen) atoms. The average Bonchev–Trinajstić information content (AvgIpc) is 2.91. The zero-order valence-electron chi connectivity index (χ0n) is 11.1. The molecule has 2 aromatic rings. The maximum atomic E-state index is 5.98. The standard InChI is InChI=1S/C14H20N2S2/c1-10-6-13(11(2)18-10)14(7-15)16(3)8-12-4-5-17-9-12/h4-6,9,14H,7-8,15H2,1-3H3. The van der Waals surface area contributed by atoms with Crippen molar-refractivity contribution < 1.29 is 0 Å². The number of nitrogens with two attached hydrogens (primary N) is 1. The first kappa shape index (κ1) is 13.7. The molecule has 0 aliphatic heterocycles. The van der Waals surface area contributed by atoms with Crippen molar-refractivity contribution in [3.63, 3.8) is 0 Å². The Labute approximate surface area is 117 Å². The van der Waals surface area contributed by atoms with E-state index < -0.39 is 0 Å². The third-order valence-corrected chi connectivity index (χ3v) is 4.92. The largest absolute Gasteiger partial charge is 0.329 e. The summed E-state index contributed by atoms with van der Waals surface area (Å²) in [5.41, 5.74) is 8.73. The number of thiophene rings is 2. The topological polar surface area (TPSA) is 29.3 Å². The van der Waals surface area contributed by atoms with Gasteiger partial charge in [0.1, 0.15) is 0 Å². The summed E-state index contributed by atoms with van der Waals surface area (Å²) < 4.78 is 0. The normalized spacial score (nSPS) is 13.2. The van der Waals surface area contributed by atoms with Crippen LogP contribution in [0.1, 0.15) is 26.9 Å². The molecule has 1 atom stereocenters. The summed E-state index contributed by atoms with van der Waals surface area (Å²) in [5.74, 6) is 0. The fourth-order valence-electron chi connectivity index (χ4n) is 2.31. The number of nitrogens with zero attached hydrogens (tertiary/aromatic N) is 1. The summed E-state index contributed by atoms with van der Waals surface area (Å²) in [6.45, 7) is 5.97. The smallest absolute Gasteiger partial charge is 0.0481 e. The van der Waals surface area contributed by atoms with E-state index in [1.54, 1.807) is 11.3 Å². The summed E-state index contributed by atoms with van der Waals surface area (Å²) in [7, 11) is 2.15. The number of rotatable bonds is 5. The van der Waals surface area contributed by atoms with Crippen molar-refractivity contribution in [3.05, 3.63) is 43.8 Å². The molecule has 2 rings (SSSR count). The van der Waals surface area contributed by atoms with E-state index in [9.17, 15) is 0 Å². The van der Waals surface area contributed by atoms with Crippen molar-refractivity contribution in [2.75, 3.05) is 13.6 Å². The van der Waals surface area contributed by atoms with Crippen molar-refractivity contribution >= 4 is 22.7 Å². The zero-order chi connectivity index (χ0) is 13.1. The first-order valence-electron chi connectivity index (χ1n) is 6.10. The summed E-state index contributed by atoms with van der Waals surface area (Å²) in [6.07, 6.45) is 0. The highest BCUT2D eigenvalue weighted by Crippen LogP contribution is 2.29. The van der Waals surface area contributed by atoms with Gasteiger partial charge in [-0.15, -0.1) is 11.3 Å². The molecule has 0 fully saturated rings. The van der Waals surface area contributed by atoms with E-state index in [-0.39, 0.29) is 0 Å². The molecule has 0 aliphatic rings. The van der Waals surface area contributed by atoms with E-state index >= 15 is 0 Å². The van der Waals surface area contributed by atoms with Crippen LogP contribution in [-0.2, 0) is 6.54 Å². The molecule has 0 bridgehead atoms. The van der Waals surface area contributed by atoms with Crippen molar-refractivity contribution in [1.82, 2.24) is 4.90 Å². The fourth-order valence-corrected chi connectivity index (χ4v) is 3.95. The second-order valence-corrected chi connectivity index (χ2v) is 6.91. The lowest BCUT2D eigenvalue weighted by atomic mass is 10.1. The van der Waals surface area contributed by atoms with Crippen LogP contribution in [0.15, 0.2) is 22.9 Å². The second kappa shape index (κ2) is 5.97. The molecule has 0 radical (unpaired) electrons. The Morgan fingerprint density at radius 1 is 1.39 bits per heavy atom. The molecule has 2 N–H and O–H groups in total. The van der Waals surface area contributed by atoms with Gasteiger partial charge in [-0.3, -0.25) is 4.90 Å². The molecule has 2 aromatic heterocycles. The first-order chi connectivity index (χ1) is 8.61. The molecule has 2 heterocycles. The maximum absolute atomic E-state index is 5.98. The van der Waals surface area contributed by atoms with Gasteiger partial charge < -0.3 is 5.73 Å². The number of hydrogen-bond donors (Lipinski definition) is 1. The molecule has 4 heteroatoms. The van der Waals surface area contributed by atoms with Crippen LogP contribution in [0.4, 0.5) is 0 Å². The van der Waals surface area contributed by atoms with Gasteiger partial charge in [0.25, 0.3) is 0 Å². The summed E-state index contributed by atoms with van der Waals surface area (Å²) in [6, 6.07) is 4.78. The van der Waals surface area contributed by atoms with E-state index in [1.807, 2.05) is 11.3 Å². The van der Waals surface area contributed by atoms with Gasteiger partial charge in [-0.1, -0.05) is 0 Å². The monoisotopic (exact) mass is 280 g/mol. The number of hydrogen-bond acceptors (Lipinski definition) is 4. The van der Waals surface area contributed by atoms with Crippen molar-refractivity contribution in [3.8, 4) is 0 Å². The molecule has 1 unspecified atom stereocenters. The van der Waals surface area contributed by atoms with Gasteiger partial charge in [0.05, 0.1) is 0 Å². The Bertz CT molecular complexity index is 488. The van der Waals surface area contributed by atoms with Gasteiger partial charge >= 0.3 is 0 Å². The second-order valence-electron chi connectivity index (χ2n) is 4.67. The molecule has 0 amide bonds. The summed E-state index contributed by atoms with van der Waals surface area (Å²) in [5, 5.41) is 4.33. The van der Waals surface area contributed by atoms with E-state index in [2.05, 4.69) is 48.7 Å². The van der Waals surface area contributed by atoms with Gasteiger partial charge in [0.15, 0.2) is 0 Å². The van der Waals surface area contributed by atoms with E-state index in [0.717, 1.165) is 6.54 Å². The SMILES string of the molecule is Cc1cc(C(CN)N(C)Cc2ccsc2)c(C)s1. The predicted octanol–water partition coefficient (Wildman–Crippen LogP) is 3.56. The Balaban J connectivity index is 2.15. The van der Waals surface area contributed by atoms with Crippen LogP contribution in [0.5, 0.6) is 0 Å². The fraction of sp³-hybridized carbons (Fsp3) is 0.429. The average molecular weight is 280 g/mol. The van der Waals surface area contributed by atoms with E-state index in [1.165, 1.54) is 20.9 Å². The lowest BCUT2D eigenvalue weighted by molar-refractivity contribution is 0.242. The van der Waals surface area contributed by atoms with Crippen LogP contribution in [0.3, 0.4) is 0 Å². The Morgan fingerprint density at radius 3 is 2.67 bits per heavy atom. The highest BCUT2D eigenvalue weighted by atomic mass is 32.1. The van der Waals surface area contributed by atoms with Crippen LogP contribution < -0.4 is 5.73 Å². The summed E-state index contributed by atoms with van der Waals surface area (Å²) >= 11 is 3.61. The minimum absolute atomic E-state index is 0.315. The van der Waals surface area contributed by atoms with Gasteiger partial charge in [-0.05, 0) is 54.9 Å². The first-order valence-corrected chi connectivity index (χ1v) is 7.86. The molecule has 0 aliphatic carbocycles. The van der Waals surface area contributed by atoms with Gasteiger partial charge in [0.2, 0.25) is 0 Å². The van der Waals surface area contributed by atoms with Gasteiger partial charge in [-0.25, -0.2) is 0 Å². The molecular weight excluding hydrogens is 260 g/mol. The molecular formula is C14H20N2S2. The zero-order valence-corrected chi connectivity index (χ0v) is 12.8. The summed E-state index contributed by atoms with van der Waals surface area (Å²) in [4.78, 5) is 5.10. The van der Waals surface area contributed by atoms with E-state index in [0.29, 0.717) is 12.6 Å². The minimum atomic E-state index is 0.315. The third kappa shape index (κ3) is 3.01. The quantitative estimate of drug-likeness (QED) is 0.907. The lowest BCUT2D eigenvalue weighted by Crippen LogP contribution is -2.30. The molecule has 0 aromatic carbocycles. The molecule has 2 nitrogen and oxygen atoms in total. The molecule has 0 saturated heterocycles. The molecule has 98 valence electrons. The Hall–Kier alpha value is -0.680. The van der Waals surface area contributed by atoms with Crippen molar-refractivity contribution in [2.45, 2.75) is 26.4 Å². The Morgan fingerprint density at radius 2 is 2.17 bits per heavy atom. The molecule has 0 spiro atoms. The third-order valence-electron chi connectivity index (χ3n) is 3.21. The van der Waals surface area contributed by atoms with Crippen LogP contribution in [0.2, 0.25) is 0 Å². The van der Waals surface area contributed by atoms with Crippen LogP contribution >= 0.6 is 22.7 Å². The number of likely N-dealkylation sites (N-methyl/N-ethyl adjacent to an activating group) is 1. The van der Waals surface area contributed by atoms with E-state index in [4.69, 9.17) is 5.73 Å². The van der Waals surface area contributed by atoms with Crippen LogP contribution in [0.25, 0.3) is 0 Å². The predicted molar refractivity (Wildman–Crippen MR) is 81.4 cm³/mol. The van der Waals surface area contributed by atoms with Crippen LogP contribution in [-0.4, -0.2) is 18.5 Å². The van der Waals surface area contributed by atoms with Crippen molar-refractivity contribution in [1.29, 1.82) is 0 Å². The van der Waals surface area contributed by atoms with Crippen molar-refractivity contribution in [2.24, 2.45) is 5.73 Å². The molecule has 0 saturated carbocycles. The highest BCUT2D eigenvalue weighted by Gasteiger charge is 2.19. The lowest BCUT2D eigenvalue weighted by Gasteiger charge is -2.27. The number of aryl methyl sites for hydroxylation is 2. The maximum Gasteiger partial charge on any atom is 0.0481 e. The van der Waals surface area contributed by atoms with Gasteiger partial charge in [-0.2, -0.15) is 11.3 Å². The van der Waals surface area contributed by atoms with Crippen LogP contribution in [0, 0.1) is 13.8 Å². The highest BCUT2D eigenvalue weighted by molar-refractivity contribution is 7.12. The van der Waals surface area contributed by atoms with Gasteiger partial charge in [0, 0.05) is 28.9 Å².